The van der Waals surface area contributed by atoms with Crippen LogP contribution in [0.5, 0.6) is 11.5 Å². The molecule has 4 nitrogen and oxygen atoms in total. The van der Waals surface area contributed by atoms with Crippen LogP contribution in [0.3, 0.4) is 0 Å². The molecule has 3 rings (SSSR count). The molecule has 2 amide bonds. The molecule has 0 radical (unpaired) electrons. The molecule has 26 heavy (non-hydrogen) atoms. The molecule has 1 aliphatic rings. The van der Waals surface area contributed by atoms with E-state index < -0.39 is 0 Å². The van der Waals surface area contributed by atoms with Crippen LogP contribution in [0.4, 0.5) is 10.5 Å². The van der Waals surface area contributed by atoms with Gasteiger partial charge in [0.2, 0.25) is 0 Å². The minimum atomic E-state index is -0.0964. The predicted octanol–water partition coefficient (Wildman–Crippen LogP) is 5.83. The number of carbonyl (C=O) groups excluding carboxylic acids is 1. The van der Waals surface area contributed by atoms with Crippen LogP contribution in [0.2, 0.25) is 0 Å². The molecule has 0 unspecified atom stereocenters. The van der Waals surface area contributed by atoms with E-state index in [0.29, 0.717) is 18.0 Å². The Morgan fingerprint density at radius 3 is 2.50 bits per heavy atom. The van der Waals surface area contributed by atoms with Crippen molar-refractivity contribution in [3.63, 3.8) is 0 Å². The average Bonchev–Trinajstić information content (AvgIpc) is 2.69. The van der Waals surface area contributed by atoms with Crippen molar-refractivity contribution in [1.29, 1.82) is 0 Å². The summed E-state index contributed by atoms with van der Waals surface area (Å²) in [6.07, 6.45) is 7.53. The molecule has 2 aromatic rings. The summed E-state index contributed by atoms with van der Waals surface area (Å²) >= 11 is 0. The molecule has 0 spiro atoms. The fraction of sp³-hybridized carbons (Fsp3) is 0.318. The molecule has 2 aromatic carbocycles. The minimum Gasteiger partial charge on any atom is -0.455 e. The van der Waals surface area contributed by atoms with Gasteiger partial charge >= 0.3 is 6.03 Å². The molecule has 0 aliphatic heterocycles. The van der Waals surface area contributed by atoms with Crippen LogP contribution < -0.4 is 10.1 Å². The molecule has 136 valence electrons. The Morgan fingerprint density at radius 1 is 1.08 bits per heavy atom. The van der Waals surface area contributed by atoms with Gasteiger partial charge < -0.3 is 15.0 Å². The third-order valence-corrected chi connectivity index (χ3v) is 4.70. The number of hydrogen-bond donors (Lipinski definition) is 1. The average molecular weight is 350 g/mol. The third-order valence-electron chi connectivity index (χ3n) is 4.70. The van der Waals surface area contributed by atoms with Crippen molar-refractivity contribution in [2.45, 2.75) is 38.1 Å². The topological polar surface area (TPSA) is 41.6 Å². The van der Waals surface area contributed by atoms with Crippen molar-refractivity contribution >= 4 is 11.7 Å². The smallest absolute Gasteiger partial charge is 0.322 e. The van der Waals surface area contributed by atoms with E-state index in [4.69, 9.17) is 4.74 Å². The highest BCUT2D eigenvalue weighted by atomic mass is 16.5. The van der Waals surface area contributed by atoms with Gasteiger partial charge in [-0.3, -0.25) is 0 Å². The summed E-state index contributed by atoms with van der Waals surface area (Å²) < 4.78 is 5.94. The predicted molar refractivity (Wildman–Crippen MR) is 106 cm³/mol. The largest absolute Gasteiger partial charge is 0.455 e. The molecular weight excluding hydrogens is 324 g/mol. The Bertz CT molecular complexity index is 724. The van der Waals surface area contributed by atoms with Gasteiger partial charge in [0, 0.05) is 12.6 Å². The number of ether oxygens (including phenoxy) is 1. The molecule has 0 heterocycles. The summed E-state index contributed by atoms with van der Waals surface area (Å²) in [6, 6.07) is 17.3. The maximum atomic E-state index is 12.9. The standard InChI is InChI=1S/C22H26N2O2/c1-2-17-24(18-11-5-3-6-12-18)22(25)23-20-15-9-10-16-21(20)26-19-13-7-4-8-14-19/h2,4,7-10,13-16,18H,1,3,5-6,11-12,17H2,(H,23,25). The van der Waals surface area contributed by atoms with Crippen LogP contribution in [-0.4, -0.2) is 23.5 Å². The highest BCUT2D eigenvalue weighted by Gasteiger charge is 2.25. The fourth-order valence-electron chi connectivity index (χ4n) is 3.39. The van der Waals surface area contributed by atoms with Gasteiger partial charge in [0.05, 0.1) is 5.69 Å². The van der Waals surface area contributed by atoms with Crippen molar-refractivity contribution in [2.24, 2.45) is 0 Å². The first-order valence-electron chi connectivity index (χ1n) is 9.28. The number of anilines is 1. The second kappa shape index (κ2) is 9.09. The highest BCUT2D eigenvalue weighted by molar-refractivity contribution is 5.91. The number of nitrogens with zero attached hydrogens (tertiary/aromatic N) is 1. The SMILES string of the molecule is C=CCN(C(=O)Nc1ccccc1Oc1ccccc1)C1CCCCC1. The number of rotatable bonds is 6. The first-order valence-corrected chi connectivity index (χ1v) is 9.28. The van der Waals surface area contributed by atoms with Gasteiger partial charge in [0.25, 0.3) is 0 Å². The Balaban J connectivity index is 1.74. The third kappa shape index (κ3) is 4.66. The summed E-state index contributed by atoms with van der Waals surface area (Å²) in [4.78, 5) is 14.8. The second-order valence-corrected chi connectivity index (χ2v) is 6.57. The fourth-order valence-corrected chi connectivity index (χ4v) is 3.39. The van der Waals surface area contributed by atoms with E-state index in [0.717, 1.165) is 18.6 Å². The molecule has 1 N–H and O–H groups in total. The minimum absolute atomic E-state index is 0.0964. The van der Waals surface area contributed by atoms with Gasteiger partial charge in [-0.05, 0) is 37.1 Å². The zero-order valence-corrected chi connectivity index (χ0v) is 15.1. The van der Waals surface area contributed by atoms with Crippen LogP contribution in [0.25, 0.3) is 0 Å². The number of urea groups is 1. The Morgan fingerprint density at radius 2 is 1.77 bits per heavy atom. The van der Waals surface area contributed by atoms with E-state index in [2.05, 4.69) is 11.9 Å². The van der Waals surface area contributed by atoms with Crippen LogP contribution in [0, 0.1) is 0 Å². The van der Waals surface area contributed by atoms with E-state index in [1.165, 1.54) is 19.3 Å². The highest BCUT2D eigenvalue weighted by Crippen LogP contribution is 2.30. The number of para-hydroxylation sites is 3. The lowest BCUT2D eigenvalue weighted by atomic mass is 9.94. The van der Waals surface area contributed by atoms with Gasteiger partial charge in [-0.2, -0.15) is 0 Å². The molecular formula is C22H26N2O2. The molecule has 0 aromatic heterocycles. The summed E-state index contributed by atoms with van der Waals surface area (Å²) in [5.41, 5.74) is 0.672. The summed E-state index contributed by atoms with van der Waals surface area (Å²) in [5.74, 6) is 1.37. The van der Waals surface area contributed by atoms with Crippen molar-refractivity contribution < 1.29 is 9.53 Å². The molecule has 1 saturated carbocycles. The van der Waals surface area contributed by atoms with E-state index in [1.807, 2.05) is 59.5 Å². The maximum Gasteiger partial charge on any atom is 0.322 e. The van der Waals surface area contributed by atoms with E-state index in [1.54, 1.807) is 6.08 Å². The molecule has 0 bridgehead atoms. The summed E-state index contributed by atoms with van der Waals surface area (Å²) in [6.45, 7) is 4.37. The van der Waals surface area contributed by atoms with Gasteiger partial charge in [-0.15, -0.1) is 6.58 Å². The monoisotopic (exact) mass is 350 g/mol. The van der Waals surface area contributed by atoms with Gasteiger partial charge in [0.1, 0.15) is 5.75 Å². The molecule has 0 atom stereocenters. The Labute approximate surface area is 155 Å². The second-order valence-electron chi connectivity index (χ2n) is 6.57. The molecule has 1 aliphatic carbocycles. The quantitative estimate of drug-likeness (QED) is 0.666. The van der Waals surface area contributed by atoms with E-state index in [-0.39, 0.29) is 12.1 Å². The van der Waals surface area contributed by atoms with Crippen LogP contribution in [-0.2, 0) is 0 Å². The first kappa shape index (κ1) is 18.1. The van der Waals surface area contributed by atoms with Crippen molar-refractivity contribution in [3.8, 4) is 11.5 Å². The van der Waals surface area contributed by atoms with Gasteiger partial charge in [-0.25, -0.2) is 4.79 Å². The van der Waals surface area contributed by atoms with Crippen molar-refractivity contribution in [1.82, 2.24) is 4.90 Å². The van der Waals surface area contributed by atoms with Crippen LogP contribution in [0.1, 0.15) is 32.1 Å². The lowest BCUT2D eigenvalue weighted by Gasteiger charge is -2.33. The van der Waals surface area contributed by atoms with Crippen LogP contribution in [0.15, 0.2) is 67.3 Å². The number of hydrogen-bond acceptors (Lipinski definition) is 2. The van der Waals surface area contributed by atoms with E-state index in [9.17, 15) is 4.79 Å². The van der Waals surface area contributed by atoms with Crippen molar-refractivity contribution in [2.75, 3.05) is 11.9 Å². The lowest BCUT2D eigenvalue weighted by Crippen LogP contribution is -2.44. The molecule has 4 heteroatoms. The summed E-state index contributed by atoms with van der Waals surface area (Å²) in [7, 11) is 0. The Hall–Kier alpha value is -2.75. The van der Waals surface area contributed by atoms with Gasteiger partial charge in [-0.1, -0.05) is 55.7 Å². The number of amides is 2. The lowest BCUT2D eigenvalue weighted by molar-refractivity contribution is 0.176. The Kier molecular flexibility index (Phi) is 6.31. The maximum absolute atomic E-state index is 12.9. The number of nitrogens with one attached hydrogen (secondary N) is 1. The van der Waals surface area contributed by atoms with Crippen LogP contribution >= 0.6 is 0 Å². The zero-order chi connectivity index (χ0) is 18.2. The normalized spacial score (nSPS) is 14.5. The number of benzene rings is 2. The first-order chi connectivity index (χ1) is 12.8. The summed E-state index contributed by atoms with van der Waals surface area (Å²) in [5, 5.41) is 3.03. The zero-order valence-electron chi connectivity index (χ0n) is 15.1. The van der Waals surface area contributed by atoms with Crippen molar-refractivity contribution in [3.05, 3.63) is 67.3 Å². The molecule has 0 saturated heterocycles. The number of carbonyl (C=O) groups is 1. The molecule has 1 fully saturated rings. The van der Waals surface area contributed by atoms with Gasteiger partial charge in [0.15, 0.2) is 5.75 Å². The van der Waals surface area contributed by atoms with E-state index >= 15 is 0 Å².